The van der Waals surface area contributed by atoms with Gasteiger partial charge in [0.2, 0.25) is 5.60 Å². The van der Waals surface area contributed by atoms with Gasteiger partial charge in [0, 0.05) is 6.42 Å². The number of esters is 1. The molecule has 0 aromatic carbocycles. The molecule has 3 rings (SSSR count). The second kappa shape index (κ2) is 2.93. The van der Waals surface area contributed by atoms with Gasteiger partial charge in [-0.3, -0.25) is 0 Å². The molecule has 0 radical (unpaired) electrons. The minimum absolute atomic E-state index is 0.0176. The van der Waals surface area contributed by atoms with Crippen LogP contribution in [0, 0.1) is 0 Å². The Balaban J connectivity index is 2.06. The molecule has 1 spiro atoms. The molecular weight excluding hydrogens is 220 g/mol. The normalized spacial score (nSPS) is 55.7. The largest absolute Gasteiger partial charge is 0.451 e. The van der Waals surface area contributed by atoms with Gasteiger partial charge in [0.05, 0.1) is 6.61 Å². The summed E-state index contributed by atoms with van der Waals surface area (Å²) in [5.41, 5.74) is -1.94. The highest BCUT2D eigenvalue weighted by molar-refractivity contribution is 5.84. The van der Waals surface area contributed by atoms with E-state index in [-0.39, 0.29) is 19.4 Å². The molecule has 0 saturated carbocycles. The van der Waals surface area contributed by atoms with Crippen molar-refractivity contribution in [2.24, 2.45) is 0 Å². The number of rotatable bonds is 0. The summed E-state index contributed by atoms with van der Waals surface area (Å²) in [6.07, 6.45) is -3.18. The van der Waals surface area contributed by atoms with Crippen molar-refractivity contribution >= 4 is 5.97 Å². The third kappa shape index (κ3) is 0.975. The number of hydrogen-bond acceptors (Lipinski definition) is 7. The maximum absolute atomic E-state index is 11.6. The van der Waals surface area contributed by atoms with Crippen LogP contribution < -0.4 is 0 Å². The summed E-state index contributed by atoms with van der Waals surface area (Å²) in [6, 6.07) is 0. The zero-order chi connectivity index (χ0) is 11.6. The zero-order valence-corrected chi connectivity index (χ0v) is 8.33. The van der Waals surface area contributed by atoms with Crippen LogP contribution in [0.5, 0.6) is 0 Å². The molecule has 7 nitrogen and oxygen atoms in total. The second-order valence-electron chi connectivity index (χ2n) is 4.34. The molecule has 3 heterocycles. The van der Waals surface area contributed by atoms with Crippen molar-refractivity contribution in [3.05, 3.63) is 0 Å². The first-order valence-electron chi connectivity index (χ1n) is 5.11. The molecule has 7 heteroatoms. The topological polar surface area (TPSA) is 105 Å². The Morgan fingerprint density at radius 2 is 2.12 bits per heavy atom. The van der Waals surface area contributed by atoms with Crippen LogP contribution in [-0.2, 0) is 19.0 Å². The van der Waals surface area contributed by atoms with Gasteiger partial charge in [-0.1, -0.05) is 0 Å². The molecule has 3 aliphatic rings. The van der Waals surface area contributed by atoms with Gasteiger partial charge in [-0.05, 0) is 6.42 Å². The Hall–Kier alpha value is -0.730. The Morgan fingerprint density at radius 1 is 1.38 bits per heavy atom. The van der Waals surface area contributed by atoms with E-state index >= 15 is 0 Å². The van der Waals surface area contributed by atoms with Gasteiger partial charge in [0.1, 0.15) is 6.10 Å². The van der Waals surface area contributed by atoms with Crippen LogP contribution in [0.4, 0.5) is 0 Å². The van der Waals surface area contributed by atoms with Crippen molar-refractivity contribution in [3.63, 3.8) is 0 Å². The molecular formula is C9H12O7. The standard InChI is InChI=1S/C9H12O7/c10-4-3-14-9-6(4)15-7(12)8(9,13)2-1-5(11)16-9/h4-6,10-11,13H,1-3H2/t4-,5-,6-,8+,9+/m0/s1. The summed E-state index contributed by atoms with van der Waals surface area (Å²) < 4.78 is 15.2. The fraction of sp³-hybridized carbons (Fsp3) is 0.889. The number of aliphatic hydroxyl groups is 3. The molecule has 16 heavy (non-hydrogen) atoms. The Kier molecular flexibility index (Phi) is 1.91. The van der Waals surface area contributed by atoms with Crippen LogP contribution in [0.25, 0.3) is 0 Å². The molecule has 3 N–H and O–H groups in total. The van der Waals surface area contributed by atoms with Crippen molar-refractivity contribution in [1.29, 1.82) is 0 Å². The highest BCUT2D eigenvalue weighted by atomic mass is 16.8. The lowest BCUT2D eigenvalue weighted by Gasteiger charge is -2.41. The van der Waals surface area contributed by atoms with Crippen LogP contribution in [-0.4, -0.2) is 57.8 Å². The van der Waals surface area contributed by atoms with Crippen molar-refractivity contribution in [2.75, 3.05) is 6.61 Å². The fourth-order valence-corrected chi connectivity index (χ4v) is 2.57. The van der Waals surface area contributed by atoms with E-state index in [0.29, 0.717) is 0 Å². The molecule has 3 fully saturated rings. The first kappa shape index (κ1) is 10.4. The van der Waals surface area contributed by atoms with Gasteiger partial charge in [-0.2, -0.15) is 0 Å². The average molecular weight is 232 g/mol. The van der Waals surface area contributed by atoms with Crippen molar-refractivity contribution in [3.8, 4) is 0 Å². The zero-order valence-electron chi connectivity index (χ0n) is 8.33. The SMILES string of the molecule is O=C1O[C@H]2[C@@H](O)CO[C@@]23O[C@H](O)CC[C@@]13O. The van der Waals surface area contributed by atoms with Crippen molar-refractivity contribution in [2.45, 2.75) is 42.7 Å². The summed E-state index contributed by atoms with van der Waals surface area (Å²) >= 11 is 0. The quantitative estimate of drug-likeness (QED) is 0.409. The smallest absolute Gasteiger partial charge is 0.344 e. The monoisotopic (exact) mass is 232 g/mol. The van der Waals surface area contributed by atoms with Crippen molar-refractivity contribution in [1.82, 2.24) is 0 Å². The van der Waals surface area contributed by atoms with Gasteiger partial charge in [-0.25, -0.2) is 4.79 Å². The van der Waals surface area contributed by atoms with Crippen LogP contribution in [0.1, 0.15) is 12.8 Å². The number of ether oxygens (including phenoxy) is 3. The molecule has 0 unspecified atom stereocenters. The van der Waals surface area contributed by atoms with Crippen LogP contribution >= 0.6 is 0 Å². The summed E-state index contributed by atoms with van der Waals surface area (Å²) in [5, 5.41) is 29.2. The van der Waals surface area contributed by atoms with E-state index in [1.807, 2.05) is 0 Å². The van der Waals surface area contributed by atoms with Crippen LogP contribution in [0.15, 0.2) is 0 Å². The van der Waals surface area contributed by atoms with Gasteiger partial charge in [0.25, 0.3) is 5.79 Å². The highest BCUT2D eigenvalue weighted by Gasteiger charge is 2.76. The Morgan fingerprint density at radius 3 is 2.88 bits per heavy atom. The maximum atomic E-state index is 11.6. The van der Waals surface area contributed by atoms with E-state index in [4.69, 9.17) is 14.2 Å². The number of carbonyl (C=O) groups excluding carboxylic acids is 1. The maximum Gasteiger partial charge on any atom is 0.344 e. The molecule has 0 amide bonds. The van der Waals surface area contributed by atoms with E-state index in [9.17, 15) is 20.1 Å². The molecule has 0 bridgehead atoms. The predicted octanol–water partition coefficient (Wildman–Crippen LogP) is -2.14. The lowest BCUT2D eigenvalue weighted by atomic mass is 9.84. The lowest BCUT2D eigenvalue weighted by Crippen LogP contribution is -2.63. The van der Waals surface area contributed by atoms with E-state index in [1.165, 1.54) is 0 Å². The molecule has 0 aromatic rings. The summed E-state index contributed by atoms with van der Waals surface area (Å²) in [4.78, 5) is 11.6. The number of hydrogen-bond donors (Lipinski definition) is 3. The third-order valence-electron chi connectivity index (χ3n) is 3.40. The van der Waals surface area contributed by atoms with E-state index < -0.39 is 35.9 Å². The molecule has 90 valence electrons. The molecule has 5 atom stereocenters. The minimum Gasteiger partial charge on any atom is -0.451 e. The Bertz CT molecular complexity index is 345. The van der Waals surface area contributed by atoms with E-state index in [1.54, 1.807) is 0 Å². The average Bonchev–Trinajstić information content (AvgIpc) is 2.64. The first-order chi connectivity index (χ1) is 7.49. The molecule has 3 aliphatic heterocycles. The molecule has 3 saturated heterocycles. The second-order valence-corrected chi connectivity index (χ2v) is 4.34. The van der Waals surface area contributed by atoms with Gasteiger partial charge < -0.3 is 29.5 Å². The van der Waals surface area contributed by atoms with E-state index in [2.05, 4.69) is 0 Å². The van der Waals surface area contributed by atoms with Crippen LogP contribution in [0.3, 0.4) is 0 Å². The number of aliphatic hydroxyl groups excluding tert-OH is 2. The van der Waals surface area contributed by atoms with Gasteiger partial charge >= 0.3 is 5.97 Å². The number of carbonyl (C=O) groups is 1. The lowest BCUT2D eigenvalue weighted by molar-refractivity contribution is -0.360. The first-order valence-corrected chi connectivity index (χ1v) is 5.11. The summed E-state index contributed by atoms with van der Waals surface area (Å²) in [6.45, 7) is -0.104. The highest BCUT2D eigenvalue weighted by Crippen LogP contribution is 2.51. The van der Waals surface area contributed by atoms with Crippen molar-refractivity contribution < 1.29 is 34.3 Å². The van der Waals surface area contributed by atoms with E-state index in [0.717, 1.165) is 0 Å². The van der Waals surface area contributed by atoms with Crippen LogP contribution in [0.2, 0.25) is 0 Å². The van der Waals surface area contributed by atoms with Gasteiger partial charge in [-0.15, -0.1) is 0 Å². The van der Waals surface area contributed by atoms with Gasteiger partial charge in [0.15, 0.2) is 12.4 Å². The predicted molar refractivity (Wildman–Crippen MR) is 45.8 cm³/mol. The molecule has 0 aromatic heterocycles. The summed E-state index contributed by atoms with van der Waals surface area (Å²) in [5.74, 6) is -2.63. The summed E-state index contributed by atoms with van der Waals surface area (Å²) in [7, 11) is 0. The Labute approximate surface area is 90.5 Å². The fourth-order valence-electron chi connectivity index (χ4n) is 2.57. The molecule has 0 aliphatic carbocycles. The third-order valence-corrected chi connectivity index (χ3v) is 3.40. The minimum atomic E-state index is -1.94.